The third-order valence-corrected chi connectivity index (χ3v) is 3.02. The second-order valence-corrected chi connectivity index (χ2v) is 4.60. The topological polar surface area (TPSA) is 64.2 Å². The van der Waals surface area contributed by atoms with Crippen molar-refractivity contribution >= 4 is 17.4 Å². The Hall–Kier alpha value is -0.970. The summed E-state index contributed by atoms with van der Waals surface area (Å²) in [5.41, 5.74) is 6.62. The zero-order valence-electron chi connectivity index (χ0n) is 9.03. The van der Waals surface area contributed by atoms with Crippen molar-refractivity contribution < 1.29 is 0 Å². The maximum atomic E-state index is 5.88. The van der Waals surface area contributed by atoms with Gasteiger partial charge in [0.2, 0.25) is 0 Å². The van der Waals surface area contributed by atoms with Gasteiger partial charge in [0.1, 0.15) is 10.7 Å². The largest absolute Gasteiger partial charge is 0.383 e. The minimum Gasteiger partial charge on any atom is -0.383 e. The Balaban J connectivity index is 2.96. The summed E-state index contributed by atoms with van der Waals surface area (Å²) < 4.78 is 3.83. The lowest BCUT2D eigenvalue weighted by Crippen LogP contribution is -2.23. The van der Waals surface area contributed by atoms with Crippen molar-refractivity contribution in [3.05, 3.63) is 10.6 Å². The lowest BCUT2D eigenvalue weighted by atomic mass is 10.0. The van der Waals surface area contributed by atoms with Gasteiger partial charge in [-0.3, -0.25) is 4.99 Å². The van der Waals surface area contributed by atoms with Crippen LogP contribution in [-0.2, 0) is 0 Å². The van der Waals surface area contributed by atoms with E-state index in [2.05, 4.69) is 35.4 Å². The Morgan fingerprint density at radius 2 is 2.21 bits per heavy atom. The summed E-state index contributed by atoms with van der Waals surface area (Å²) in [7, 11) is 0. The Bertz CT molecular complexity index is 340. The molecule has 5 heteroatoms. The van der Waals surface area contributed by atoms with E-state index in [1.165, 1.54) is 11.5 Å². The van der Waals surface area contributed by atoms with E-state index in [0.29, 0.717) is 5.84 Å². The molecule has 4 nitrogen and oxygen atoms in total. The molecule has 0 aliphatic carbocycles. The van der Waals surface area contributed by atoms with Crippen LogP contribution in [0.1, 0.15) is 37.8 Å². The monoisotopic (exact) mass is 212 g/mol. The van der Waals surface area contributed by atoms with Crippen LogP contribution in [0, 0.1) is 6.92 Å². The third kappa shape index (κ3) is 2.51. The zero-order valence-corrected chi connectivity index (χ0v) is 9.85. The van der Waals surface area contributed by atoms with Crippen molar-refractivity contribution in [1.29, 1.82) is 0 Å². The Kier molecular flexibility index (Phi) is 3.21. The molecule has 0 unspecified atom stereocenters. The summed E-state index contributed by atoms with van der Waals surface area (Å²) in [6.45, 7) is 8.10. The van der Waals surface area contributed by atoms with Crippen LogP contribution in [0.2, 0.25) is 0 Å². The lowest BCUT2D eigenvalue weighted by Gasteiger charge is -2.17. The van der Waals surface area contributed by atoms with Crippen molar-refractivity contribution in [2.45, 2.75) is 39.7 Å². The van der Waals surface area contributed by atoms with Crippen LogP contribution in [0.15, 0.2) is 4.99 Å². The van der Waals surface area contributed by atoms with E-state index in [1.807, 2.05) is 6.92 Å². The Morgan fingerprint density at radius 1 is 1.57 bits per heavy atom. The number of nitrogens with zero attached hydrogens (tertiary/aromatic N) is 3. The van der Waals surface area contributed by atoms with Gasteiger partial charge in [0, 0.05) is 0 Å². The fraction of sp³-hybridized carbons (Fsp3) is 0.667. The molecule has 1 heterocycles. The van der Waals surface area contributed by atoms with Crippen molar-refractivity contribution in [3.8, 4) is 0 Å². The summed E-state index contributed by atoms with van der Waals surface area (Å²) >= 11 is 1.29. The molecule has 0 amide bonds. The molecule has 1 rings (SSSR count). The Labute approximate surface area is 88.4 Å². The molecule has 0 bridgehead atoms. The number of hydrogen-bond acceptors (Lipinski definition) is 4. The number of amidine groups is 1. The summed E-state index contributed by atoms with van der Waals surface area (Å²) in [5, 5.41) is 3.90. The van der Waals surface area contributed by atoms with Gasteiger partial charge < -0.3 is 5.73 Å². The molecular weight excluding hydrogens is 196 g/mol. The molecule has 0 radical (unpaired) electrons. The minimum absolute atomic E-state index is 0.111. The predicted octanol–water partition coefficient (Wildman–Crippen LogP) is 1.74. The van der Waals surface area contributed by atoms with E-state index in [0.717, 1.165) is 17.0 Å². The second kappa shape index (κ2) is 4.04. The van der Waals surface area contributed by atoms with E-state index in [1.54, 1.807) is 0 Å². The van der Waals surface area contributed by atoms with Crippen LogP contribution in [-0.4, -0.2) is 21.0 Å². The van der Waals surface area contributed by atoms with Gasteiger partial charge in [-0.1, -0.05) is 11.4 Å². The van der Waals surface area contributed by atoms with Crippen LogP contribution in [0.5, 0.6) is 0 Å². The smallest absolute Gasteiger partial charge is 0.140 e. The molecule has 1 aromatic heterocycles. The Morgan fingerprint density at radius 3 is 2.64 bits per heavy atom. The van der Waals surface area contributed by atoms with Crippen molar-refractivity contribution in [3.63, 3.8) is 0 Å². The first kappa shape index (κ1) is 11.1. The number of rotatable bonds is 3. The number of hydrogen-bond donors (Lipinski definition) is 1. The maximum Gasteiger partial charge on any atom is 0.140 e. The molecule has 0 saturated heterocycles. The maximum absolute atomic E-state index is 5.88. The minimum atomic E-state index is -0.111. The normalized spacial score (nSPS) is 13.3. The van der Waals surface area contributed by atoms with Gasteiger partial charge in [-0.2, -0.15) is 0 Å². The van der Waals surface area contributed by atoms with Gasteiger partial charge in [-0.25, -0.2) is 0 Å². The highest BCUT2D eigenvalue weighted by atomic mass is 32.1. The molecule has 0 atom stereocenters. The SMILES string of the molecule is CCC(C)(C)N=C(N)c1snnc1C. The van der Waals surface area contributed by atoms with Gasteiger partial charge >= 0.3 is 0 Å². The van der Waals surface area contributed by atoms with E-state index >= 15 is 0 Å². The number of aryl methyl sites for hydroxylation is 1. The first-order valence-corrected chi connectivity index (χ1v) is 5.38. The average molecular weight is 212 g/mol. The molecule has 2 N–H and O–H groups in total. The molecule has 0 aliphatic heterocycles. The van der Waals surface area contributed by atoms with Crippen molar-refractivity contribution in [2.75, 3.05) is 0 Å². The van der Waals surface area contributed by atoms with Crippen molar-refractivity contribution in [1.82, 2.24) is 9.59 Å². The summed E-state index contributed by atoms with van der Waals surface area (Å²) in [6.07, 6.45) is 0.957. The van der Waals surface area contributed by atoms with Crippen LogP contribution in [0.25, 0.3) is 0 Å². The van der Waals surface area contributed by atoms with E-state index in [9.17, 15) is 0 Å². The van der Waals surface area contributed by atoms with Crippen LogP contribution in [0.4, 0.5) is 0 Å². The van der Waals surface area contributed by atoms with Crippen molar-refractivity contribution in [2.24, 2.45) is 10.7 Å². The van der Waals surface area contributed by atoms with Crippen LogP contribution in [0.3, 0.4) is 0 Å². The van der Waals surface area contributed by atoms with Crippen LogP contribution >= 0.6 is 11.5 Å². The van der Waals surface area contributed by atoms with Gasteiger partial charge in [-0.05, 0) is 38.7 Å². The molecule has 0 aromatic carbocycles. The fourth-order valence-corrected chi connectivity index (χ4v) is 1.48. The first-order valence-electron chi connectivity index (χ1n) is 4.61. The molecule has 14 heavy (non-hydrogen) atoms. The average Bonchev–Trinajstić information content (AvgIpc) is 2.51. The number of aliphatic imine (C=N–C) groups is 1. The predicted molar refractivity (Wildman–Crippen MR) is 59.7 cm³/mol. The highest BCUT2D eigenvalue weighted by molar-refractivity contribution is 7.08. The molecule has 0 spiro atoms. The number of nitrogens with two attached hydrogens (primary N) is 1. The van der Waals surface area contributed by atoms with Gasteiger partial charge in [0.05, 0.1) is 11.2 Å². The van der Waals surface area contributed by atoms with E-state index in [4.69, 9.17) is 5.73 Å². The summed E-state index contributed by atoms with van der Waals surface area (Å²) in [6, 6.07) is 0. The molecular formula is C9H16N4S. The standard InChI is InChI=1S/C9H16N4S/c1-5-9(3,4)11-8(10)7-6(2)12-13-14-7/h5H2,1-4H3,(H2,10,11). The first-order chi connectivity index (χ1) is 6.46. The van der Waals surface area contributed by atoms with E-state index in [-0.39, 0.29) is 5.54 Å². The molecule has 78 valence electrons. The summed E-state index contributed by atoms with van der Waals surface area (Å²) in [4.78, 5) is 5.34. The molecule has 0 fully saturated rings. The van der Waals surface area contributed by atoms with Crippen LogP contribution < -0.4 is 5.73 Å². The second-order valence-electron chi connectivity index (χ2n) is 3.85. The lowest BCUT2D eigenvalue weighted by molar-refractivity contribution is 0.505. The highest BCUT2D eigenvalue weighted by Crippen LogP contribution is 2.16. The quantitative estimate of drug-likeness (QED) is 0.613. The third-order valence-electron chi connectivity index (χ3n) is 2.17. The van der Waals surface area contributed by atoms with Gasteiger partial charge in [0.15, 0.2) is 0 Å². The summed E-state index contributed by atoms with van der Waals surface area (Å²) in [5.74, 6) is 0.546. The molecule has 0 aliphatic rings. The van der Waals surface area contributed by atoms with E-state index < -0.39 is 0 Å². The molecule has 1 aromatic rings. The van der Waals surface area contributed by atoms with Gasteiger partial charge in [0.25, 0.3) is 0 Å². The fourth-order valence-electron chi connectivity index (χ4n) is 0.922. The highest BCUT2D eigenvalue weighted by Gasteiger charge is 2.16. The number of aromatic nitrogens is 2. The molecule has 0 saturated carbocycles. The van der Waals surface area contributed by atoms with Gasteiger partial charge in [-0.15, -0.1) is 5.10 Å². The zero-order chi connectivity index (χ0) is 10.8.